The average Bonchev–Trinajstić information content (AvgIpc) is 1.71. The number of hydrogen-bond acceptors (Lipinski definition) is 0. The topological polar surface area (TPSA) is 0 Å². The molecular formula is C87H56. The minimum atomic E-state index is -0.163. The number of fused-ring (bicyclic) bond motifs is 8. The Hall–Kier alpha value is -11.2. The summed E-state index contributed by atoms with van der Waals surface area (Å²) in [7, 11) is 0. The molecule has 17 rings (SSSR count). The van der Waals surface area contributed by atoms with Crippen LogP contribution in [0.15, 0.2) is 328 Å². The molecule has 14 aromatic carbocycles. The van der Waals surface area contributed by atoms with E-state index in [-0.39, 0.29) is 5.92 Å². The van der Waals surface area contributed by atoms with Crippen molar-refractivity contribution >= 4 is 59.9 Å². The van der Waals surface area contributed by atoms with E-state index < -0.39 is 0 Å². The monoisotopic (exact) mass is 1100 g/mol. The van der Waals surface area contributed by atoms with Gasteiger partial charge in [0.2, 0.25) is 0 Å². The zero-order valence-electron chi connectivity index (χ0n) is 47.8. The van der Waals surface area contributed by atoms with E-state index in [1.165, 1.54) is 148 Å². The summed E-state index contributed by atoms with van der Waals surface area (Å²) in [4.78, 5) is 0. The van der Waals surface area contributed by atoms with Gasteiger partial charge in [-0.15, -0.1) is 0 Å². The van der Waals surface area contributed by atoms with Crippen molar-refractivity contribution in [3.8, 4) is 100 Å². The van der Waals surface area contributed by atoms with Gasteiger partial charge in [0.1, 0.15) is 0 Å². The Labute approximate surface area is 507 Å². The smallest absolute Gasteiger partial charge is 0.0291 e. The van der Waals surface area contributed by atoms with Crippen LogP contribution in [0.4, 0.5) is 0 Å². The van der Waals surface area contributed by atoms with E-state index in [9.17, 15) is 0 Å². The third-order valence-electron chi connectivity index (χ3n) is 18.5. The van der Waals surface area contributed by atoms with Crippen molar-refractivity contribution in [1.29, 1.82) is 0 Å². The number of benzene rings is 14. The van der Waals surface area contributed by atoms with Gasteiger partial charge < -0.3 is 0 Å². The molecule has 0 spiro atoms. The van der Waals surface area contributed by atoms with Crippen LogP contribution in [0.25, 0.3) is 160 Å². The van der Waals surface area contributed by atoms with Crippen LogP contribution in [0.5, 0.6) is 0 Å². The van der Waals surface area contributed by atoms with Gasteiger partial charge in [0, 0.05) is 5.92 Å². The summed E-state index contributed by atoms with van der Waals surface area (Å²) in [6.07, 6.45) is 4.88. The standard InChI is InChI=1S/C87H56/c1-4-24-56(25-5-1)67-40-18-19-41-74(67)82-85(77-52-49-60-28-8-3-9-36-68(60)77)86(78-53-50-61-31-14-17-39-69(61)78)84(76-45-21-35-64-54-62-32-10-11-33-63(62)55-80(64)76)83(75-46-23-43-71-65-37-15-13-30-59(65)48-51-72(71)75)87(82)79-47-22-42-70(58-26-6-2-7-27-58)81(79)73-44-20-34-57-29-12-16-38-66(57)73/h1-55,78H. The Morgan fingerprint density at radius 1 is 0.195 bits per heavy atom. The molecule has 87 heavy (non-hydrogen) atoms. The van der Waals surface area contributed by atoms with Gasteiger partial charge in [-0.3, -0.25) is 0 Å². The van der Waals surface area contributed by atoms with Crippen molar-refractivity contribution in [3.63, 3.8) is 0 Å². The molecule has 3 aliphatic rings. The van der Waals surface area contributed by atoms with E-state index >= 15 is 0 Å². The first kappa shape index (κ1) is 50.3. The molecule has 0 fully saturated rings. The summed E-state index contributed by atoms with van der Waals surface area (Å²) >= 11 is 0. The lowest BCUT2D eigenvalue weighted by Gasteiger charge is -2.33. The fourth-order valence-corrected chi connectivity index (χ4v) is 14.7. The summed E-state index contributed by atoms with van der Waals surface area (Å²) in [5, 5.41) is 12.1. The average molecular weight is 1100 g/mol. The molecule has 0 amide bonds. The molecule has 0 saturated heterocycles. The van der Waals surface area contributed by atoms with Gasteiger partial charge >= 0.3 is 0 Å². The van der Waals surface area contributed by atoms with Gasteiger partial charge in [-0.1, -0.05) is 322 Å². The second-order valence-corrected chi connectivity index (χ2v) is 23.2. The molecule has 1 unspecified atom stereocenters. The summed E-state index contributed by atoms with van der Waals surface area (Å²) < 4.78 is 0. The Morgan fingerprint density at radius 3 is 1.38 bits per heavy atom. The maximum atomic E-state index is 2.50. The number of allylic oxidation sites excluding steroid dienone is 1. The van der Waals surface area contributed by atoms with Crippen molar-refractivity contribution in [2.45, 2.75) is 5.92 Å². The lowest BCUT2D eigenvalue weighted by atomic mass is 9.69. The lowest BCUT2D eigenvalue weighted by Crippen LogP contribution is -2.09. The quantitative estimate of drug-likeness (QED) is 0.0998. The van der Waals surface area contributed by atoms with E-state index in [0.29, 0.717) is 0 Å². The van der Waals surface area contributed by atoms with Crippen LogP contribution >= 0.6 is 0 Å². The summed E-state index contributed by atoms with van der Waals surface area (Å²) in [5.41, 5.74) is 25.1. The van der Waals surface area contributed by atoms with Crippen molar-refractivity contribution in [1.82, 2.24) is 0 Å². The zero-order valence-corrected chi connectivity index (χ0v) is 47.8. The highest BCUT2D eigenvalue weighted by Crippen LogP contribution is 2.62. The van der Waals surface area contributed by atoms with Crippen LogP contribution in [0, 0.1) is 0 Å². The first-order valence-electron chi connectivity index (χ1n) is 30.4. The van der Waals surface area contributed by atoms with Crippen LogP contribution < -0.4 is 0 Å². The lowest BCUT2D eigenvalue weighted by molar-refractivity contribution is 1.06. The molecule has 0 aromatic heterocycles. The predicted molar refractivity (Wildman–Crippen MR) is 371 cm³/mol. The third-order valence-corrected chi connectivity index (χ3v) is 18.5. The van der Waals surface area contributed by atoms with E-state index in [1.54, 1.807) is 0 Å². The van der Waals surface area contributed by atoms with Crippen LogP contribution in [-0.4, -0.2) is 0 Å². The highest BCUT2D eigenvalue weighted by molar-refractivity contribution is 6.23. The summed E-state index contributed by atoms with van der Waals surface area (Å²) in [6, 6.07) is 121. The fraction of sp³-hybridized carbons (Fsp3) is 0.0115. The molecule has 14 aromatic rings. The molecule has 404 valence electrons. The Balaban J connectivity index is 1.21. The minimum absolute atomic E-state index is 0.163. The van der Waals surface area contributed by atoms with Crippen molar-refractivity contribution in [2.75, 3.05) is 0 Å². The van der Waals surface area contributed by atoms with Crippen molar-refractivity contribution < 1.29 is 0 Å². The summed E-state index contributed by atoms with van der Waals surface area (Å²) in [6.45, 7) is 0. The minimum Gasteiger partial charge on any atom is -0.0720 e. The third kappa shape index (κ3) is 8.29. The van der Waals surface area contributed by atoms with Crippen LogP contribution in [0.2, 0.25) is 0 Å². The van der Waals surface area contributed by atoms with E-state index in [1.807, 2.05) is 0 Å². The molecule has 1 atom stereocenters. The highest BCUT2D eigenvalue weighted by atomic mass is 14.4. The van der Waals surface area contributed by atoms with Gasteiger partial charge in [-0.2, -0.15) is 0 Å². The molecule has 3 aliphatic carbocycles. The molecule has 0 heteroatoms. The molecule has 0 saturated carbocycles. The van der Waals surface area contributed by atoms with Gasteiger partial charge in [-0.25, -0.2) is 0 Å². The maximum Gasteiger partial charge on any atom is 0.0291 e. The van der Waals surface area contributed by atoms with Gasteiger partial charge in [0.15, 0.2) is 0 Å². The predicted octanol–water partition coefficient (Wildman–Crippen LogP) is 24.1. The van der Waals surface area contributed by atoms with Crippen molar-refractivity contribution in [3.05, 3.63) is 344 Å². The van der Waals surface area contributed by atoms with Gasteiger partial charge in [0.05, 0.1) is 0 Å². The zero-order chi connectivity index (χ0) is 57.4. The summed E-state index contributed by atoms with van der Waals surface area (Å²) in [5.74, 6) is -0.163. The van der Waals surface area contributed by atoms with Gasteiger partial charge in [-0.05, 0) is 183 Å². The SMILES string of the molecule is C1=CC(c2c(-c3ccc4cccccc3-4)c(-c3ccccc3-c3ccccc3)c(-c3cccc(-c4ccccc4)c3-c3cccc4ccccc34)c(-c3cccc4c3ccc3ccccc34)c2-c2cccc3cc4ccccc4cc23)c2ccccc21. The highest BCUT2D eigenvalue weighted by Gasteiger charge is 2.37. The van der Waals surface area contributed by atoms with E-state index in [2.05, 4.69) is 334 Å². The van der Waals surface area contributed by atoms with Gasteiger partial charge in [0.25, 0.3) is 0 Å². The molecular weight excluding hydrogens is 1040 g/mol. The van der Waals surface area contributed by atoms with Crippen LogP contribution in [0.1, 0.15) is 22.6 Å². The Morgan fingerprint density at radius 2 is 0.632 bits per heavy atom. The largest absolute Gasteiger partial charge is 0.0720 e. The van der Waals surface area contributed by atoms with Crippen molar-refractivity contribution in [2.24, 2.45) is 0 Å². The number of rotatable bonds is 9. The van der Waals surface area contributed by atoms with Crippen LogP contribution in [-0.2, 0) is 0 Å². The second kappa shape index (κ2) is 20.9. The number of hydrogen-bond donors (Lipinski definition) is 0. The second-order valence-electron chi connectivity index (χ2n) is 23.2. The first-order valence-corrected chi connectivity index (χ1v) is 30.4. The van der Waals surface area contributed by atoms with E-state index in [4.69, 9.17) is 0 Å². The molecule has 0 radical (unpaired) electrons. The fourth-order valence-electron chi connectivity index (χ4n) is 14.7. The molecule has 0 bridgehead atoms. The normalized spacial score (nSPS) is 12.9. The molecule has 0 aliphatic heterocycles. The molecule has 0 heterocycles. The maximum absolute atomic E-state index is 2.50. The van der Waals surface area contributed by atoms with Crippen LogP contribution in [0.3, 0.4) is 0 Å². The molecule has 0 nitrogen and oxygen atoms in total. The van der Waals surface area contributed by atoms with E-state index in [0.717, 1.165) is 22.3 Å². The Kier molecular flexibility index (Phi) is 12.1. The molecule has 0 N–H and O–H groups in total. The first-order chi connectivity index (χ1) is 43.2. The Bertz CT molecular complexity index is 5390.